The van der Waals surface area contributed by atoms with Crippen molar-refractivity contribution in [1.29, 1.82) is 0 Å². The monoisotopic (exact) mass is 448 g/mol. The Kier molecular flexibility index (Phi) is 6.63. The molecule has 4 rings (SSSR count). The molecule has 2 heterocycles. The molecule has 0 unspecified atom stereocenters. The molecule has 3 aromatic rings. The first-order chi connectivity index (χ1) is 16.0. The Bertz CT molecular complexity index is 1130. The molecule has 0 aliphatic carbocycles. The topological polar surface area (TPSA) is 76.9 Å². The standard InChI is InChI=1S/C25H28N4O4/c1-4-33-25(31)28-14-12-27(13-15-28)24(30)23-17-22(19-8-10-21(32-3)11-9-19)26-29(23)20-7-5-6-18(2)16-20/h5-11,16-17H,4,12-15H2,1-3H3. The Morgan fingerprint density at radius 3 is 2.30 bits per heavy atom. The maximum absolute atomic E-state index is 13.5. The van der Waals surface area contributed by atoms with Gasteiger partial charge in [-0.3, -0.25) is 4.79 Å². The largest absolute Gasteiger partial charge is 0.497 e. The molecule has 8 heteroatoms. The number of nitrogens with zero attached hydrogens (tertiary/aromatic N) is 4. The summed E-state index contributed by atoms with van der Waals surface area (Å²) in [6.45, 7) is 5.88. The van der Waals surface area contributed by atoms with Crippen LogP contribution in [0.15, 0.2) is 54.6 Å². The zero-order chi connectivity index (χ0) is 23.4. The first kappa shape index (κ1) is 22.4. The summed E-state index contributed by atoms with van der Waals surface area (Å²) >= 11 is 0. The van der Waals surface area contributed by atoms with Crippen molar-refractivity contribution in [3.05, 3.63) is 65.9 Å². The number of rotatable bonds is 5. The molecule has 0 bridgehead atoms. The predicted molar refractivity (Wildman–Crippen MR) is 125 cm³/mol. The van der Waals surface area contributed by atoms with Crippen LogP contribution in [0.3, 0.4) is 0 Å². The van der Waals surface area contributed by atoms with Crippen LogP contribution in [0.1, 0.15) is 23.0 Å². The second-order valence-electron chi connectivity index (χ2n) is 7.87. The van der Waals surface area contributed by atoms with E-state index in [1.54, 1.807) is 28.5 Å². The Morgan fingerprint density at radius 2 is 1.67 bits per heavy atom. The number of aromatic nitrogens is 2. The summed E-state index contributed by atoms with van der Waals surface area (Å²) in [4.78, 5) is 28.9. The van der Waals surface area contributed by atoms with Crippen LogP contribution in [-0.2, 0) is 4.74 Å². The summed E-state index contributed by atoms with van der Waals surface area (Å²) in [5.74, 6) is 0.639. The van der Waals surface area contributed by atoms with E-state index in [4.69, 9.17) is 14.6 Å². The minimum Gasteiger partial charge on any atom is -0.497 e. The van der Waals surface area contributed by atoms with Crippen molar-refractivity contribution in [2.45, 2.75) is 13.8 Å². The average molecular weight is 449 g/mol. The van der Waals surface area contributed by atoms with Gasteiger partial charge >= 0.3 is 6.09 Å². The average Bonchev–Trinajstić information content (AvgIpc) is 3.29. The molecule has 0 radical (unpaired) electrons. The lowest BCUT2D eigenvalue weighted by molar-refractivity contribution is 0.0563. The van der Waals surface area contributed by atoms with Gasteiger partial charge < -0.3 is 19.3 Å². The molecule has 2 aromatic carbocycles. The molecular formula is C25H28N4O4. The van der Waals surface area contributed by atoms with Gasteiger partial charge in [0.05, 0.1) is 25.1 Å². The third-order valence-corrected chi connectivity index (χ3v) is 5.65. The lowest BCUT2D eigenvalue weighted by Crippen LogP contribution is -2.51. The highest BCUT2D eigenvalue weighted by molar-refractivity contribution is 5.94. The number of ether oxygens (including phenoxy) is 2. The third kappa shape index (κ3) is 4.84. The van der Waals surface area contributed by atoms with Crippen LogP contribution in [0.5, 0.6) is 5.75 Å². The Hall–Kier alpha value is -3.81. The lowest BCUT2D eigenvalue weighted by Gasteiger charge is -2.34. The lowest BCUT2D eigenvalue weighted by atomic mass is 10.1. The minimum atomic E-state index is -0.337. The quantitative estimate of drug-likeness (QED) is 0.594. The summed E-state index contributed by atoms with van der Waals surface area (Å²) in [5.41, 5.74) is 3.98. The highest BCUT2D eigenvalue weighted by atomic mass is 16.6. The number of carbonyl (C=O) groups excluding carboxylic acids is 2. The minimum absolute atomic E-state index is 0.118. The van der Waals surface area contributed by atoms with Gasteiger partial charge in [-0.05, 0) is 61.9 Å². The van der Waals surface area contributed by atoms with Crippen LogP contribution in [0, 0.1) is 6.92 Å². The Morgan fingerprint density at radius 1 is 0.970 bits per heavy atom. The van der Waals surface area contributed by atoms with E-state index in [1.165, 1.54) is 0 Å². The molecule has 1 saturated heterocycles. The normalized spacial score (nSPS) is 13.7. The smallest absolute Gasteiger partial charge is 0.409 e. The van der Waals surface area contributed by atoms with Crippen LogP contribution >= 0.6 is 0 Å². The van der Waals surface area contributed by atoms with E-state index in [-0.39, 0.29) is 12.0 Å². The number of benzene rings is 2. The van der Waals surface area contributed by atoms with Gasteiger partial charge in [0.25, 0.3) is 5.91 Å². The van der Waals surface area contributed by atoms with E-state index in [2.05, 4.69) is 0 Å². The zero-order valence-corrected chi connectivity index (χ0v) is 19.2. The second kappa shape index (κ2) is 9.77. The van der Waals surface area contributed by atoms with Crippen molar-refractivity contribution in [3.8, 4) is 22.7 Å². The van der Waals surface area contributed by atoms with E-state index in [1.807, 2.05) is 61.5 Å². The number of amides is 2. The van der Waals surface area contributed by atoms with Gasteiger partial charge in [-0.2, -0.15) is 5.10 Å². The van der Waals surface area contributed by atoms with Gasteiger partial charge in [-0.15, -0.1) is 0 Å². The van der Waals surface area contributed by atoms with E-state index < -0.39 is 0 Å². The highest BCUT2D eigenvalue weighted by Crippen LogP contribution is 2.25. The number of aryl methyl sites for hydroxylation is 1. The molecule has 0 saturated carbocycles. The molecule has 1 fully saturated rings. The van der Waals surface area contributed by atoms with Crippen LogP contribution < -0.4 is 4.74 Å². The van der Waals surface area contributed by atoms with Gasteiger partial charge in [-0.1, -0.05) is 12.1 Å². The number of methoxy groups -OCH3 is 1. The first-order valence-electron chi connectivity index (χ1n) is 11.0. The summed E-state index contributed by atoms with van der Waals surface area (Å²) < 4.78 is 12.0. The molecule has 0 N–H and O–H groups in total. The van der Waals surface area contributed by atoms with Crippen LogP contribution in [0.2, 0.25) is 0 Å². The summed E-state index contributed by atoms with van der Waals surface area (Å²) in [5, 5.41) is 4.77. The van der Waals surface area contributed by atoms with Gasteiger partial charge in [0.1, 0.15) is 11.4 Å². The number of piperazine rings is 1. The van der Waals surface area contributed by atoms with E-state index in [0.717, 1.165) is 22.6 Å². The predicted octanol–water partition coefficient (Wildman–Crippen LogP) is 3.77. The van der Waals surface area contributed by atoms with E-state index in [9.17, 15) is 9.59 Å². The van der Waals surface area contributed by atoms with Crippen LogP contribution in [-0.4, -0.2) is 71.5 Å². The maximum Gasteiger partial charge on any atom is 0.409 e. The fourth-order valence-electron chi connectivity index (χ4n) is 3.86. The molecule has 8 nitrogen and oxygen atoms in total. The number of hydrogen-bond acceptors (Lipinski definition) is 5. The van der Waals surface area contributed by atoms with Crippen molar-refractivity contribution in [2.75, 3.05) is 39.9 Å². The van der Waals surface area contributed by atoms with Crippen molar-refractivity contribution in [1.82, 2.24) is 19.6 Å². The van der Waals surface area contributed by atoms with Gasteiger partial charge in [-0.25, -0.2) is 9.48 Å². The number of hydrogen-bond donors (Lipinski definition) is 0. The molecule has 33 heavy (non-hydrogen) atoms. The maximum atomic E-state index is 13.5. The van der Waals surface area contributed by atoms with E-state index >= 15 is 0 Å². The molecule has 1 aliphatic rings. The first-order valence-corrected chi connectivity index (χ1v) is 11.0. The molecule has 1 aromatic heterocycles. The van der Waals surface area contributed by atoms with Gasteiger partial charge in [0.2, 0.25) is 0 Å². The summed E-state index contributed by atoms with van der Waals surface area (Å²) in [6.07, 6.45) is -0.337. The SMILES string of the molecule is CCOC(=O)N1CCN(C(=O)c2cc(-c3ccc(OC)cc3)nn2-c2cccc(C)c2)CC1. The van der Waals surface area contributed by atoms with Crippen molar-refractivity contribution >= 4 is 12.0 Å². The summed E-state index contributed by atoms with van der Waals surface area (Å²) in [7, 11) is 1.62. The Labute approximate surface area is 193 Å². The van der Waals surface area contributed by atoms with Gasteiger partial charge in [0.15, 0.2) is 0 Å². The van der Waals surface area contributed by atoms with Gasteiger partial charge in [0, 0.05) is 31.7 Å². The van der Waals surface area contributed by atoms with Crippen molar-refractivity contribution < 1.29 is 19.1 Å². The van der Waals surface area contributed by atoms with E-state index in [0.29, 0.717) is 44.2 Å². The van der Waals surface area contributed by atoms with Crippen molar-refractivity contribution in [3.63, 3.8) is 0 Å². The third-order valence-electron chi connectivity index (χ3n) is 5.65. The van der Waals surface area contributed by atoms with Crippen molar-refractivity contribution in [2.24, 2.45) is 0 Å². The summed E-state index contributed by atoms with van der Waals surface area (Å²) in [6, 6.07) is 17.3. The molecule has 2 amide bonds. The zero-order valence-electron chi connectivity index (χ0n) is 19.2. The fraction of sp³-hybridized carbons (Fsp3) is 0.320. The number of carbonyl (C=O) groups is 2. The fourth-order valence-corrected chi connectivity index (χ4v) is 3.86. The van der Waals surface area contributed by atoms with Crippen LogP contribution in [0.4, 0.5) is 4.79 Å². The highest BCUT2D eigenvalue weighted by Gasteiger charge is 2.28. The molecule has 0 atom stereocenters. The molecule has 1 aliphatic heterocycles. The molecular weight excluding hydrogens is 420 g/mol. The Balaban J connectivity index is 1.64. The molecule has 0 spiro atoms. The molecule has 172 valence electrons. The second-order valence-corrected chi connectivity index (χ2v) is 7.87. The van der Waals surface area contributed by atoms with Crippen LogP contribution in [0.25, 0.3) is 16.9 Å².